The molecule has 3 aliphatic rings. The van der Waals surface area contributed by atoms with Crippen LogP contribution in [-0.4, -0.2) is 74.4 Å². The van der Waals surface area contributed by atoms with Gasteiger partial charge < -0.3 is 24.8 Å². The highest BCUT2D eigenvalue weighted by Gasteiger charge is 2.50. The Hall–Kier alpha value is -2.80. The van der Waals surface area contributed by atoms with Crippen molar-refractivity contribution in [1.29, 1.82) is 0 Å². The topological polar surface area (TPSA) is 128 Å². The molecule has 6 heterocycles. The Kier molecular flexibility index (Phi) is 6.98. The lowest BCUT2D eigenvalue weighted by Crippen LogP contribution is -2.54. The number of hydrogen-bond donors (Lipinski definition) is 2. The van der Waals surface area contributed by atoms with E-state index in [1.54, 1.807) is 10.7 Å². The van der Waals surface area contributed by atoms with Gasteiger partial charge in [0.05, 0.1) is 18.8 Å². The van der Waals surface area contributed by atoms with E-state index in [0.717, 1.165) is 19.3 Å². The summed E-state index contributed by atoms with van der Waals surface area (Å²) >= 11 is 13.0. The van der Waals surface area contributed by atoms with Gasteiger partial charge in [0.2, 0.25) is 5.95 Å². The van der Waals surface area contributed by atoms with Crippen molar-refractivity contribution >= 4 is 46.3 Å². The van der Waals surface area contributed by atoms with Crippen LogP contribution >= 0.6 is 23.2 Å². The minimum atomic E-state index is -1.05. The molecule has 3 atom stereocenters. The van der Waals surface area contributed by atoms with Crippen molar-refractivity contribution in [2.45, 2.75) is 57.4 Å². The highest BCUT2D eigenvalue weighted by molar-refractivity contribution is 6.34. The molecule has 6 rings (SSSR count). The lowest BCUT2D eigenvalue weighted by atomic mass is 9.73. The van der Waals surface area contributed by atoms with Gasteiger partial charge in [-0.15, -0.1) is 0 Å². The van der Waals surface area contributed by atoms with E-state index in [4.69, 9.17) is 42.8 Å². The third kappa shape index (κ3) is 4.66. The van der Waals surface area contributed by atoms with Crippen LogP contribution in [0.15, 0.2) is 12.3 Å². The van der Waals surface area contributed by atoms with Gasteiger partial charge in [-0.3, -0.25) is 0 Å². The molecule has 3 saturated heterocycles. The second-order valence-corrected chi connectivity index (χ2v) is 11.1. The Morgan fingerprint density at radius 3 is 2.74 bits per heavy atom. The average molecular weight is 580 g/mol. The normalized spacial score (nSPS) is 24.9. The number of pyridine rings is 1. The lowest BCUT2D eigenvalue weighted by Gasteiger charge is -2.42. The second kappa shape index (κ2) is 10.3. The van der Waals surface area contributed by atoms with E-state index in [-0.39, 0.29) is 34.0 Å². The number of aromatic nitrogens is 5. The van der Waals surface area contributed by atoms with Gasteiger partial charge in [-0.25, -0.2) is 24.4 Å². The van der Waals surface area contributed by atoms with Crippen LogP contribution < -0.4 is 10.2 Å². The number of halogens is 3. The van der Waals surface area contributed by atoms with Crippen LogP contribution in [0.1, 0.15) is 45.3 Å². The van der Waals surface area contributed by atoms with E-state index >= 15 is 0 Å². The fraction of sp³-hybridized carbons (Fsp3) is 0.560. The maximum Gasteiger partial charge on any atom is 0.404 e. The quantitative estimate of drug-likeness (QED) is 0.423. The zero-order chi connectivity index (χ0) is 27.3. The maximum absolute atomic E-state index is 14.2. The Balaban J connectivity index is 1.37. The SMILES string of the molecule is C[C@@H]1OCC2(CCN(c3nc4c(nc3Cl)c(-c3ccnc(F)c3Cl)nn4C3CCCCO3)CC2)[C@@H]1NC(=O)O. The van der Waals surface area contributed by atoms with Gasteiger partial charge in [0.15, 0.2) is 22.8 Å². The number of anilines is 1. The van der Waals surface area contributed by atoms with Crippen molar-refractivity contribution in [3.05, 3.63) is 28.4 Å². The molecule has 14 heteroatoms. The van der Waals surface area contributed by atoms with Crippen LogP contribution in [0.3, 0.4) is 0 Å². The molecule has 1 spiro atoms. The molecule has 11 nitrogen and oxygen atoms in total. The number of hydrogen-bond acceptors (Lipinski definition) is 8. The van der Waals surface area contributed by atoms with Gasteiger partial charge in [-0.2, -0.15) is 9.49 Å². The summed E-state index contributed by atoms with van der Waals surface area (Å²) in [4.78, 5) is 26.7. The lowest BCUT2D eigenvalue weighted by molar-refractivity contribution is -0.0368. The smallest absolute Gasteiger partial charge is 0.404 e. The number of fused-ring (bicyclic) bond motifs is 1. The molecule has 3 aliphatic heterocycles. The Labute approximate surface area is 233 Å². The molecular formula is C25H28Cl2FN7O4. The molecule has 3 aromatic heterocycles. The third-order valence-corrected chi connectivity index (χ3v) is 8.71. The van der Waals surface area contributed by atoms with Gasteiger partial charge >= 0.3 is 6.09 Å². The van der Waals surface area contributed by atoms with Crippen LogP contribution in [0.2, 0.25) is 10.2 Å². The van der Waals surface area contributed by atoms with Gasteiger partial charge in [-0.1, -0.05) is 23.2 Å². The summed E-state index contributed by atoms with van der Waals surface area (Å²) in [6.07, 6.45) is 3.78. The minimum Gasteiger partial charge on any atom is -0.465 e. The number of rotatable bonds is 4. The van der Waals surface area contributed by atoms with Crippen LogP contribution in [-0.2, 0) is 9.47 Å². The molecule has 0 saturated carbocycles. The standard InChI is InChI=1S/C25H28Cl2FN7O4/c1-13-19(31-24(36)37)25(12-39-13)6-9-34(10-7-25)23-20(27)30-18-17(14-5-8-29-21(28)16(14)26)33-35(22(18)32-23)15-4-2-3-11-38-15/h5,8,13,15,19,31H,2-4,6-7,9-12H2,1H3,(H,36,37)/t13-,15?,19+/m0/s1. The summed E-state index contributed by atoms with van der Waals surface area (Å²) in [5, 5.41) is 16.8. The summed E-state index contributed by atoms with van der Waals surface area (Å²) in [7, 11) is 0. The van der Waals surface area contributed by atoms with Gasteiger partial charge in [0.1, 0.15) is 16.2 Å². The molecule has 1 amide bonds. The van der Waals surface area contributed by atoms with Crippen molar-refractivity contribution in [3.8, 4) is 11.3 Å². The third-order valence-electron chi connectivity index (χ3n) is 8.10. The van der Waals surface area contributed by atoms with Crippen molar-refractivity contribution < 1.29 is 23.8 Å². The van der Waals surface area contributed by atoms with Gasteiger partial charge in [-0.05, 0) is 45.1 Å². The fourth-order valence-corrected chi connectivity index (χ4v) is 6.47. The van der Waals surface area contributed by atoms with Crippen molar-refractivity contribution in [3.63, 3.8) is 0 Å². The number of carbonyl (C=O) groups is 1. The molecule has 0 radical (unpaired) electrons. The van der Waals surface area contributed by atoms with Crippen molar-refractivity contribution in [2.24, 2.45) is 5.41 Å². The summed E-state index contributed by atoms with van der Waals surface area (Å²) in [6.45, 7) is 4.17. The van der Waals surface area contributed by atoms with Crippen LogP contribution in [0.4, 0.5) is 15.0 Å². The minimum absolute atomic E-state index is 0.158. The Morgan fingerprint density at radius 1 is 1.23 bits per heavy atom. The molecule has 39 heavy (non-hydrogen) atoms. The van der Waals surface area contributed by atoms with E-state index in [2.05, 4.69) is 20.2 Å². The molecule has 208 valence electrons. The zero-order valence-electron chi connectivity index (χ0n) is 21.2. The van der Waals surface area contributed by atoms with Gasteiger partial charge in [0, 0.05) is 36.9 Å². The average Bonchev–Trinajstić information content (AvgIpc) is 3.44. The highest BCUT2D eigenvalue weighted by atomic mass is 35.5. The molecule has 3 fully saturated rings. The van der Waals surface area contributed by atoms with E-state index in [1.807, 2.05) is 6.92 Å². The predicted molar refractivity (Wildman–Crippen MR) is 142 cm³/mol. The Morgan fingerprint density at radius 2 is 2.03 bits per heavy atom. The first-order valence-corrected chi connectivity index (χ1v) is 13.8. The van der Waals surface area contributed by atoms with E-state index in [0.29, 0.717) is 67.4 Å². The van der Waals surface area contributed by atoms with E-state index < -0.39 is 12.0 Å². The number of amides is 1. The molecule has 1 unspecified atom stereocenters. The van der Waals surface area contributed by atoms with Crippen molar-refractivity contribution in [2.75, 3.05) is 31.2 Å². The number of nitrogens with one attached hydrogen (secondary N) is 1. The molecule has 3 aromatic rings. The second-order valence-electron chi connectivity index (χ2n) is 10.4. The number of ether oxygens (including phenoxy) is 2. The van der Waals surface area contributed by atoms with Gasteiger partial charge in [0.25, 0.3) is 0 Å². The summed E-state index contributed by atoms with van der Waals surface area (Å²) < 4.78 is 27.8. The molecule has 0 aliphatic carbocycles. The number of piperidine rings is 1. The maximum atomic E-state index is 14.2. The molecule has 0 bridgehead atoms. The zero-order valence-corrected chi connectivity index (χ0v) is 22.8. The first-order chi connectivity index (χ1) is 18.8. The van der Waals surface area contributed by atoms with E-state index in [1.165, 1.54) is 6.20 Å². The first-order valence-electron chi connectivity index (χ1n) is 13.0. The fourth-order valence-electron chi connectivity index (χ4n) is 6.02. The van der Waals surface area contributed by atoms with Crippen LogP contribution in [0.5, 0.6) is 0 Å². The first kappa shape index (κ1) is 26.4. The van der Waals surface area contributed by atoms with Crippen molar-refractivity contribution in [1.82, 2.24) is 30.0 Å². The highest BCUT2D eigenvalue weighted by Crippen LogP contribution is 2.44. The Bertz CT molecular complexity index is 1410. The predicted octanol–water partition coefficient (Wildman–Crippen LogP) is 4.67. The summed E-state index contributed by atoms with van der Waals surface area (Å²) in [5.41, 5.74) is 1.25. The molecular weight excluding hydrogens is 552 g/mol. The largest absolute Gasteiger partial charge is 0.465 e. The molecule has 2 N–H and O–H groups in total. The molecule has 0 aromatic carbocycles. The number of nitrogens with zero attached hydrogens (tertiary/aromatic N) is 6. The summed E-state index contributed by atoms with van der Waals surface area (Å²) in [5.74, 6) is -0.297. The summed E-state index contributed by atoms with van der Waals surface area (Å²) in [6, 6.07) is 1.29. The number of carboxylic acid groups (broad SMARTS) is 1. The van der Waals surface area contributed by atoms with E-state index in [9.17, 15) is 14.3 Å². The monoisotopic (exact) mass is 579 g/mol. The van der Waals surface area contributed by atoms with Crippen LogP contribution in [0.25, 0.3) is 22.4 Å². The van der Waals surface area contributed by atoms with Crippen LogP contribution in [0, 0.1) is 11.4 Å².